The largest absolute Gasteiger partial charge is 0.419 e. The molecule has 4 rings (SSSR count). The van der Waals surface area contributed by atoms with Gasteiger partial charge >= 0.3 is 0 Å². The third kappa shape index (κ3) is 3.44. The number of fused-ring (bicyclic) bond motifs is 1. The molecule has 0 N–H and O–H groups in total. The summed E-state index contributed by atoms with van der Waals surface area (Å²) in [7, 11) is 0. The van der Waals surface area contributed by atoms with Gasteiger partial charge in [0.1, 0.15) is 11.6 Å². The molecule has 0 bridgehead atoms. The van der Waals surface area contributed by atoms with Crippen molar-refractivity contribution in [2.45, 2.75) is 49.6 Å². The zero-order chi connectivity index (χ0) is 17.2. The van der Waals surface area contributed by atoms with E-state index in [4.69, 9.17) is 4.42 Å². The molecule has 0 saturated heterocycles. The molecular formula is C17H18FN5OS. The van der Waals surface area contributed by atoms with Gasteiger partial charge in [-0.15, -0.1) is 20.4 Å². The molecule has 1 atom stereocenters. The second-order valence-corrected chi connectivity index (χ2v) is 7.38. The minimum atomic E-state index is -0.292. The average molecular weight is 359 g/mol. The lowest BCUT2D eigenvalue weighted by atomic mass is 10.2. The number of hydrogen-bond donors (Lipinski definition) is 0. The first-order valence-corrected chi connectivity index (χ1v) is 9.27. The van der Waals surface area contributed by atoms with Crippen LogP contribution in [0.25, 0.3) is 11.5 Å². The fourth-order valence-electron chi connectivity index (χ4n) is 2.86. The van der Waals surface area contributed by atoms with Crippen molar-refractivity contribution in [3.05, 3.63) is 41.8 Å². The lowest BCUT2D eigenvalue weighted by Crippen LogP contribution is -2.03. The van der Waals surface area contributed by atoms with E-state index >= 15 is 0 Å². The summed E-state index contributed by atoms with van der Waals surface area (Å²) in [5, 5.41) is 17.7. The molecule has 1 aliphatic rings. The maximum Gasteiger partial charge on any atom is 0.247 e. The number of aromatic nitrogens is 5. The van der Waals surface area contributed by atoms with Gasteiger partial charge in [-0.3, -0.25) is 0 Å². The molecule has 0 fully saturated rings. The van der Waals surface area contributed by atoms with Gasteiger partial charge in [0.2, 0.25) is 11.8 Å². The molecule has 2 aromatic heterocycles. The van der Waals surface area contributed by atoms with Crippen molar-refractivity contribution >= 4 is 11.8 Å². The molecule has 0 saturated carbocycles. The molecule has 0 unspecified atom stereocenters. The molecule has 1 aliphatic heterocycles. The van der Waals surface area contributed by atoms with E-state index in [9.17, 15) is 4.39 Å². The number of hydrogen-bond acceptors (Lipinski definition) is 6. The van der Waals surface area contributed by atoms with Crippen molar-refractivity contribution < 1.29 is 8.81 Å². The Balaban J connectivity index is 1.51. The van der Waals surface area contributed by atoms with E-state index < -0.39 is 0 Å². The predicted molar refractivity (Wildman–Crippen MR) is 91.5 cm³/mol. The Hall–Kier alpha value is -2.22. The van der Waals surface area contributed by atoms with Crippen LogP contribution >= 0.6 is 11.8 Å². The Bertz CT molecular complexity index is 860. The van der Waals surface area contributed by atoms with Gasteiger partial charge < -0.3 is 8.98 Å². The fraction of sp³-hybridized carbons (Fsp3) is 0.412. The molecule has 1 aromatic carbocycles. The first-order chi connectivity index (χ1) is 12.2. The quantitative estimate of drug-likeness (QED) is 0.655. The second kappa shape index (κ2) is 6.95. The van der Waals surface area contributed by atoms with Crippen molar-refractivity contribution in [2.24, 2.45) is 0 Å². The molecule has 0 spiro atoms. The van der Waals surface area contributed by atoms with Crippen molar-refractivity contribution in [3.8, 4) is 11.5 Å². The fourth-order valence-corrected chi connectivity index (χ4v) is 3.79. The van der Waals surface area contributed by atoms with Gasteiger partial charge in [0.05, 0.1) is 5.25 Å². The Labute approximate surface area is 148 Å². The van der Waals surface area contributed by atoms with Crippen LogP contribution in [0.15, 0.2) is 33.8 Å². The van der Waals surface area contributed by atoms with Crippen molar-refractivity contribution in [1.82, 2.24) is 25.0 Å². The van der Waals surface area contributed by atoms with Gasteiger partial charge in [-0.1, -0.05) is 18.2 Å². The van der Waals surface area contributed by atoms with E-state index in [1.54, 1.807) is 23.9 Å². The summed E-state index contributed by atoms with van der Waals surface area (Å²) in [6, 6.07) is 6.01. The van der Waals surface area contributed by atoms with Crippen molar-refractivity contribution in [3.63, 3.8) is 0 Å². The summed E-state index contributed by atoms with van der Waals surface area (Å²) in [5.74, 6) is 1.68. The molecule has 25 heavy (non-hydrogen) atoms. The van der Waals surface area contributed by atoms with E-state index in [0.29, 0.717) is 17.3 Å². The summed E-state index contributed by atoms with van der Waals surface area (Å²) in [6.07, 6.45) is 4.54. The Morgan fingerprint density at radius 3 is 2.76 bits per heavy atom. The average Bonchev–Trinajstić information content (AvgIpc) is 3.17. The molecule has 130 valence electrons. The van der Waals surface area contributed by atoms with Crippen LogP contribution in [0.4, 0.5) is 4.39 Å². The summed E-state index contributed by atoms with van der Waals surface area (Å²) < 4.78 is 21.0. The highest BCUT2D eigenvalue weighted by atomic mass is 32.2. The van der Waals surface area contributed by atoms with Crippen LogP contribution in [0.3, 0.4) is 0 Å². The van der Waals surface area contributed by atoms with E-state index in [1.807, 2.05) is 6.92 Å². The number of thioether (sulfide) groups is 1. The normalized spacial score (nSPS) is 15.6. The number of benzene rings is 1. The molecule has 0 amide bonds. The number of rotatable bonds is 4. The van der Waals surface area contributed by atoms with Gasteiger partial charge in [-0.05, 0) is 44.0 Å². The lowest BCUT2D eigenvalue weighted by Gasteiger charge is -2.09. The lowest BCUT2D eigenvalue weighted by molar-refractivity contribution is 0.508. The van der Waals surface area contributed by atoms with E-state index in [0.717, 1.165) is 30.4 Å². The maximum absolute atomic E-state index is 13.0. The zero-order valence-corrected chi connectivity index (χ0v) is 14.7. The molecule has 0 aliphatic carbocycles. The number of aryl methyl sites for hydroxylation is 1. The molecular weight excluding hydrogens is 341 g/mol. The highest BCUT2D eigenvalue weighted by Gasteiger charge is 2.21. The third-order valence-corrected chi connectivity index (χ3v) is 5.31. The first kappa shape index (κ1) is 16.3. The van der Waals surface area contributed by atoms with Crippen molar-refractivity contribution in [2.75, 3.05) is 0 Å². The second-order valence-electron chi connectivity index (χ2n) is 6.07. The van der Waals surface area contributed by atoms with Crippen LogP contribution in [0.2, 0.25) is 0 Å². The van der Waals surface area contributed by atoms with E-state index in [1.165, 1.54) is 25.0 Å². The van der Waals surface area contributed by atoms with Crippen LogP contribution in [0, 0.1) is 5.82 Å². The standard InChI is InChI=1S/C17H18FN5OS/c1-11(25-17-22-19-14-5-3-2-4-10-23(14)17)15-20-21-16(24-15)12-6-8-13(18)9-7-12/h6-9,11H,2-5,10H2,1H3/t11-/m1/s1. The summed E-state index contributed by atoms with van der Waals surface area (Å²) in [4.78, 5) is 0. The monoisotopic (exact) mass is 359 g/mol. The summed E-state index contributed by atoms with van der Waals surface area (Å²) >= 11 is 1.57. The maximum atomic E-state index is 13.0. The Morgan fingerprint density at radius 1 is 1.08 bits per heavy atom. The highest BCUT2D eigenvalue weighted by molar-refractivity contribution is 7.99. The van der Waals surface area contributed by atoms with Crippen LogP contribution in [-0.2, 0) is 13.0 Å². The SMILES string of the molecule is C[C@@H](Sc1nnc2n1CCCCC2)c1nnc(-c2ccc(F)cc2)o1. The first-order valence-electron chi connectivity index (χ1n) is 8.39. The van der Waals surface area contributed by atoms with Gasteiger partial charge in [-0.25, -0.2) is 4.39 Å². The van der Waals surface area contributed by atoms with E-state index in [-0.39, 0.29) is 11.1 Å². The molecule has 6 nitrogen and oxygen atoms in total. The smallest absolute Gasteiger partial charge is 0.247 e. The van der Waals surface area contributed by atoms with E-state index in [2.05, 4.69) is 25.0 Å². The van der Waals surface area contributed by atoms with Gasteiger partial charge in [0.15, 0.2) is 5.16 Å². The number of halogens is 1. The van der Waals surface area contributed by atoms with Gasteiger partial charge in [0.25, 0.3) is 0 Å². The van der Waals surface area contributed by atoms with Crippen LogP contribution in [0.5, 0.6) is 0 Å². The zero-order valence-electron chi connectivity index (χ0n) is 13.9. The topological polar surface area (TPSA) is 69.6 Å². The molecule has 3 heterocycles. The van der Waals surface area contributed by atoms with Gasteiger partial charge in [0, 0.05) is 18.5 Å². The molecule has 3 aromatic rings. The molecule has 0 radical (unpaired) electrons. The minimum absolute atomic E-state index is 0.0433. The van der Waals surface area contributed by atoms with Crippen molar-refractivity contribution in [1.29, 1.82) is 0 Å². The van der Waals surface area contributed by atoms with Crippen LogP contribution < -0.4 is 0 Å². The number of nitrogens with zero attached hydrogens (tertiary/aromatic N) is 5. The summed E-state index contributed by atoms with van der Waals surface area (Å²) in [6.45, 7) is 2.97. The highest BCUT2D eigenvalue weighted by Crippen LogP contribution is 2.35. The molecule has 8 heteroatoms. The summed E-state index contributed by atoms with van der Waals surface area (Å²) in [5.41, 5.74) is 0.702. The minimum Gasteiger partial charge on any atom is -0.419 e. The predicted octanol–water partition coefficient (Wildman–Crippen LogP) is 4.05. The van der Waals surface area contributed by atoms with Crippen LogP contribution in [-0.4, -0.2) is 25.0 Å². The third-order valence-electron chi connectivity index (χ3n) is 4.24. The van der Waals surface area contributed by atoms with Crippen LogP contribution in [0.1, 0.15) is 43.2 Å². The Kier molecular flexibility index (Phi) is 4.52. The van der Waals surface area contributed by atoms with Gasteiger partial charge in [-0.2, -0.15) is 0 Å². The Morgan fingerprint density at radius 2 is 1.92 bits per heavy atom.